The predicted octanol–water partition coefficient (Wildman–Crippen LogP) is 0.257. The molecule has 0 heterocycles. The van der Waals surface area contributed by atoms with Crippen LogP contribution in [0.1, 0.15) is 19.8 Å². The Morgan fingerprint density at radius 1 is 1.38 bits per heavy atom. The van der Waals surface area contributed by atoms with Crippen LogP contribution in [-0.4, -0.2) is 33.5 Å². The van der Waals surface area contributed by atoms with Crippen molar-refractivity contribution in [2.45, 2.75) is 30.7 Å². The summed E-state index contributed by atoms with van der Waals surface area (Å²) in [5.74, 6) is -0.128. The van der Waals surface area contributed by atoms with E-state index in [0.29, 0.717) is 17.9 Å². The number of nitrogen functional groups attached to an aromatic ring is 1. The summed E-state index contributed by atoms with van der Waals surface area (Å²) in [5.41, 5.74) is 6.62. The fraction of sp³-hybridized carbons (Fsp3) is 0.462. The lowest BCUT2D eigenvalue weighted by atomic mass is 10.2. The van der Waals surface area contributed by atoms with E-state index >= 15 is 0 Å². The molecule has 116 valence electrons. The topological polar surface area (TPSA) is 113 Å². The van der Waals surface area contributed by atoms with Crippen LogP contribution in [-0.2, 0) is 14.8 Å². The zero-order valence-electron chi connectivity index (χ0n) is 11.8. The molecule has 21 heavy (non-hydrogen) atoms. The van der Waals surface area contributed by atoms with Crippen LogP contribution >= 0.6 is 0 Å². The number of hydrogen-bond acceptors (Lipinski definition) is 5. The Morgan fingerprint density at radius 3 is 2.71 bits per heavy atom. The molecule has 0 saturated heterocycles. The van der Waals surface area contributed by atoms with Crippen LogP contribution in [0.25, 0.3) is 0 Å². The highest BCUT2D eigenvalue weighted by atomic mass is 32.2. The number of carbonyl (C=O) groups is 1. The zero-order chi connectivity index (χ0) is 15.5. The second kappa shape index (κ2) is 6.31. The van der Waals surface area contributed by atoms with Crippen molar-refractivity contribution in [3.8, 4) is 0 Å². The largest absolute Gasteiger partial charge is 0.397 e. The molecule has 0 bridgehead atoms. The van der Waals surface area contributed by atoms with Crippen LogP contribution in [0.3, 0.4) is 0 Å². The third kappa shape index (κ3) is 4.33. The Bertz CT molecular complexity index is 626. The second-order valence-corrected chi connectivity index (χ2v) is 6.71. The summed E-state index contributed by atoms with van der Waals surface area (Å²) in [5, 5.41) is 5.71. The van der Waals surface area contributed by atoms with Crippen molar-refractivity contribution in [1.29, 1.82) is 0 Å². The zero-order valence-corrected chi connectivity index (χ0v) is 12.7. The van der Waals surface area contributed by atoms with Crippen molar-refractivity contribution in [3.63, 3.8) is 0 Å². The van der Waals surface area contributed by atoms with Gasteiger partial charge in [0.1, 0.15) is 0 Å². The second-order valence-electron chi connectivity index (χ2n) is 4.95. The van der Waals surface area contributed by atoms with Gasteiger partial charge in [0.25, 0.3) is 0 Å². The molecule has 1 amide bonds. The Morgan fingerprint density at radius 2 is 2.10 bits per heavy atom. The molecule has 1 aromatic carbocycles. The van der Waals surface area contributed by atoms with Gasteiger partial charge < -0.3 is 16.4 Å². The lowest BCUT2D eigenvalue weighted by molar-refractivity contribution is -0.119. The van der Waals surface area contributed by atoms with E-state index in [1.54, 1.807) is 6.92 Å². The highest BCUT2D eigenvalue weighted by molar-refractivity contribution is 7.89. The number of anilines is 2. The summed E-state index contributed by atoms with van der Waals surface area (Å²) in [6.45, 7) is 2.07. The predicted molar refractivity (Wildman–Crippen MR) is 81.4 cm³/mol. The molecule has 7 nitrogen and oxygen atoms in total. The highest BCUT2D eigenvalue weighted by Crippen LogP contribution is 2.23. The molecule has 1 fully saturated rings. The van der Waals surface area contributed by atoms with Gasteiger partial charge in [0.05, 0.1) is 22.8 Å². The van der Waals surface area contributed by atoms with Gasteiger partial charge >= 0.3 is 0 Å². The molecule has 5 N–H and O–H groups in total. The molecule has 0 spiro atoms. The first-order valence-corrected chi connectivity index (χ1v) is 8.33. The number of nitrogens with one attached hydrogen (secondary N) is 3. The first kappa shape index (κ1) is 15.6. The van der Waals surface area contributed by atoms with Gasteiger partial charge in [-0.25, -0.2) is 13.1 Å². The van der Waals surface area contributed by atoms with Crippen molar-refractivity contribution >= 4 is 27.3 Å². The third-order valence-corrected chi connectivity index (χ3v) is 4.59. The van der Waals surface area contributed by atoms with E-state index in [0.717, 1.165) is 12.8 Å². The number of sulfonamides is 1. The molecule has 2 rings (SSSR count). The minimum Gasteiger partial charge on any atom is -0.397 e. The van der Waals surface area contributed by atoms with Gasteiger partial charge in [-0.05, 0) is 31.0 Å². The van der Waals surface area contributed by atoms with Crippen LogP contribution in [0.4, 0.5) is 11.4 Å². The first-order valence-electron chi connectivity index (χ1n) is 6.85. The van der Waals surface area contributed by atoms with Crippen LogP contribution < -0.4 is 21.1 Å². The molecule has 0 atom stereocenters. The first-order chi connectivity index (χ1) is 9.92. The summed E-state index contributed by atoms with van der Waals surface area (Å²) in [7, 11) is -3.54. The number of benzene rings is 1. The van der Waals surface area contributed by atoms with Crippen LogP contribution in [0.2, 0.25) is 0 Å². The van der Waals surface area contributed by atoms with Gasteiger partial charge in [-0.1, -0.05) is 6.92 Å². The number of carbonyl (C=O) groups excluding carboxylic acids is 1. The van der Waals surface area contributed by atoms with Crippen molar-refractivity contribution < 1.29 is 13.2 Å². The number of rotatable bonds is 7. The van der Waals surface area contributed by atoms with Crippen molar-refractivity contribution in [2.75, 3.05) is 24.1 Å². The van der Waals surface area contributed by atoms with Crippen molar-refractivity contribution in [3.05, 3.63) is 18.2 Å². The molecule has 1 aliphatic carbocycles. The van der Waals surface area contributed by atoms with Crippen LogP contribution in [0.5, 0.6) is 0 Å². The van der Waals surface area contributed by atoms with E-state index in [2.05, 4.69) is 15.4 Å². The highest BCUT2D eigenvalue weighted by Gasteiger charge is 2.23. The maximum Gasteiger partial charge on any atom is 0.240 e. The smallest absolute Gasteiger partial charge is 0.240 e. The molecule has 1 aliphatic rings. The molecular weight excluding hydrogens is 292 g/mol. The minimum absolute atomic E-state index is 0.0609. The van der Waals surface area contributed by atoms with Crippen molar-refractivity contribution in [1.82, 2.24) is 10.0 Å². The molecule has 0 aliphatic heterocycles. The molecule has 0 radical (unpaired) electrons. The summed E-state index contributed by atoms with van der Waals surface area (Å²) in [4.78, 5) is 11.7. The quantitative estimate of drug-likeness (QED) is 0.539. The van der Waals surface area contributed by atoms with E-state index in [4.69, 9.17) is 5.73 Å². The standard InChI is InChI=1S/C13H20N4O3S/c1-2-16-21(19,20)10-5-6-11(14)12(7-10)15-8-13(18)17-9-3-4-9/h5-7,9,15-16H,2-4,8,14H2,1H3,(H,17,18). The number of nitrogens with two attached hydrogens (primary N) is 1. The molecule has 8 heteroatoms. The van der Waals surface area contributed by atoms with E-state index in [9.17, 15) is 13.2 Å². The monoisotopic (exact) mass is 312 g/mol. The van der Waals surface area contributed by atoms with E-state index < -0.39 is 10.0 Å². The average Bonchev–Trinajstić information content (AvgIpc) is 3.21. The Labute approximate surface area is 124 Å². The summed E-state index contributed by atoms with van der Waals surface area (Å²) in [6, 6.07) is 4.66. The maximum atomic E-state index is 11.9. The Kier molecular flexibility index (Phi) is 4.69. The van der Waals surface area contributed by atoms with Crippen molar-refractivity contribution in [2.24, 2.45) is 0 Å². The van der Waals surface area contributed by atoms with Gasteiger partial charge in [0.15, 0.2) is 0 Å². The summed E-state index contributed by atoms with van der Waals surface area (Å²) in [6.07, 6.45) is 2.04. The van der Waals surface area contributed by atoms with E-state index in [1.165, 1.54) is 18.2 Å². The van der Waals surface area contributed by atoms with Gasteiger partial charge in [-0.3, -0.25) is 4.79 Å². The molecule has 0 aromatic heterocycles. The molecule has 1 saturated carbocycles. The normalized spacial score (nSPS) is 14.7. The van der Waals surface area contributed by atoms with Gasteiger partial charge in [-0.2, -0.15) is 0 Å². The maximum absolute atomic E-state index is 11.9. The molecule has 1 aromatic rings. The van der Waals surface area contributed by atoms with Gasteiger partial charge in [0.2, 0.25) is 15.9 Å². The van der Waals surface area contributed by atoms with Gasteiger partial charge in [0, 0.05) is 12.6 Å². The lowest BCUT2D eigenvalue weighted by Crippen LogP contribution is -2.31. The molecule has 0 unspecified atom stereocenters. The average molecular weight is 312 g/mol. The van der Waals surface area contributed by atoms with E-state index in [-0.39, 0.29) is 23.4 Å². The minimum atomic E-state index is -3.54. The fourth-order valence-electron chi connectivity index (χ4n) is 1.81. The molecular formula is C13H20N4O3S. The van der Waals surface area contributed by atoms with E-state index in [1.807, 2.05) is 0 Å². The fourth-order valence-corrected chi connectivity index (χ4v) is 2.88. The van der Waals surface area contributed by atoms with Gasteiger partial charge in [-0.15, -0.1) is 0 Å². The van der Waals surface area contributed by atoms with Crippen LogP contribution in [0.15, 0.2) is 23.1 Å². The third-order valence-electron chi connectivity index (χ3n) is 3.05. The van der Waals surface area contributed by atoms with Crippen LogP contribution in [0, 0.1) is 0 Å². The Hall–Kier alpha value is -1.80. The Balaban J connectivity index is 2.06. The number of hydrogen-bond donors (Lipinski definition) is 4. The summed E-state index contributed by atoms with van der Waals surface area (Å²) < 4.78 is 26.3. The lowest BCUT2D eigenvalue weighted by Gasteiger charge is -2.12. The summed E-state index contributed by atoms with van der Waals surface area (Å²) >= 11 is 0. The SMILES string of the molecule is CCNS(=O)(=O)c1ccc(N)c(NCC(=O)NC2CC2)c1. The number of amides is 1.